The summed E-state index contributed by atoms with van der Waals surface area (Å²) in [5, 5.41) is 2.93. The molecule has 1 N–H and O–H groups in total. The van der Waals surface area contributed by atoms with Gasteiger partial charge < -0.3 is 14.8 Å². The first-order valence-corrected chi connectivity index (χ1v) is 12.8. The molecule has 0 bridgehead atoms. The quantitative estimate of drug-likeness (QED) is 0.459. The van der Waals surface area contributed by atoms with E-state index in [1.165, 1.54) is 26.4 Å². The topological polar surface area (TPSA) is 84.9 Å². The van der Waals surface area contributed by atoms with Crippen LogP contribution in [0.15, 0.2) is 47.4 Å². The van der Waals surface area contributed by atoms with Crippen molar-refractivity contribution in [3.8, 4) is 11.5 Å². The normalized spacial score (nSPS) is 12.2. The summed E-state index contributed by atoms with van der Waals surface area (Å²) in [6, 6.07) is 11.5. The average Bonchev–Trinajstić information content (AvgIpc) is 2.82. The van der Waals surface area contributed by atoms with E-state index in [-0.39, 0.29) is 17.3 Å². The zero-order valence-electron chi connectivity index (χ0n) is 20.3. The Morgan fingerprint density at radius 1 is 1.03 bits per heavy atom. The van der Waals surface area contributed by atoms with Gasteiger partial charge in [-0.3, -0.25) is 9.10 Å². The zero-order valence-corrected chi connectivity index (χ0v) is 21.1. The predicted octanol–water partition coefficient (Wildman–Crippen LogP) is 4.54. The summed E-state index contributed by atoms with van der Waals surface area (Å²) in [6.07, 6.45) is 4.22. The minimum absolute atomic E-state index is 0.0166. The van der Waals surface area contributed by atoms with Gasteiger partial charge in [0.25, 0.3) is 10.0 Å². The summed E-state index contributed by atoms with van der Waals surface area (Å²) in [6.45, 7) is 6.39. The molecule has 0 aliphatic rings. The van der Waals surface area contributed by atoms with Gasteiger partial charge >= 0.3 is 0 Å². The molecule has 0 unspecified atom stereocenters. The highest BCUT2D eigenvalue weighted by atomic mass is 32.2. The molecule has 1 atom stereocenters. The molecule has 0 aliphatic carbocycles. The number of amides is 1. The summed E-state index contributed by atoms with van der Waals surface area (Å²) in [5.41, 5.74) is 1.41. The van der Waals surface area contributed by atoms with E-state index in [4.69, 9.17) is 9.47 Å². The van der Waals surface area contributed by atoms with Crippen molar-refractivity contribution in [2.24, 2.45) is 5.92 Å². The highest BCUT2D eigenvalue weighted by Crippen LogP contribution is 2.32. The molecule has 0 saturated heterocycles. The van der Waals surface area contributed by atoms with E-state index in [0.717, 1.165) is 35.6 Å². The first-order valence-electron chi connectivity index (χ1n) is 11.3. The van der Waals surface area contributed by atoms with Crippen LogP contribution in [0, 0.1) is 12.8 Å². The predicted molar refractivity (Wildman–Crippen MR) is 132 cm³/mol. The zero-order chi connectivity index (χ0) is 24.4. The van der Waals surface area contributed by atoms with Gasteiger partial charge in [0, 0.05) is 12.6 Å². The van der Waals surface area contributed by atoms with E-state index in [1.54, 1.807) is 18.2 Å². The molecule has 1 amide bonds. The maximum Gasteiger partial charge on any atom is 0.264 e. The van der Waals surface area contributed by atoms with Crippen molar-refractivity contribution in [2.75, 3.05) is 31.6 Å². The van der Waals surface area contributed by atoms with Crippen LogP contribution in [0.3, 0.4) is 0 Å². The lowest BCUT2D eigenvalue weighted by molar-refractivity contribution is -0.119. The van der Waals surface area contributed by atoms with Crippen molar-refractivity contribution in [3.63, 3.8) is 0 Å². The number of hydrogen-bond donors (Lipinski definition) is 1. The van der Waals surface area contributed by atoms with Crippen LogP contribution < -0.4 is 19.1 Å². The summed E-state index contributed by atoms with van der Waals surface area (Å²) in [5.74, 6) is 0.765. The number of nitrogens with zero attached hydrogens (tertiary/aromatic N) is 1. The lowest BCUT2D eigenvalue weighted by Gasteiger charge is -2.25. The highest BCUT2D eigenvalue weighted by molar-refractivity contribution is 7.92. The van der Waals surface area contributed by atoms with Crippen LogP contribution in [0.4, 0.5) is 5.69 Å². The molecule has 7 nitrogen and oxygen atoms in total. The molecular formula is C25H36N2O5S. The Bertz CT molecular complexity index is 1010. The largest absolute Gasteiger partial charge is 0.493 e. The highest BCUT2D eigenvalue weighted by Gasteiger charge is 2.28. The second-order valence-electron chi connectivity index (χ2n) is 8.08. The van der Waals surface area contributed by atoms with Crippen LogP contribution in [0.1, 0.15) is 45.1 Å². The molecule has 2 aromatic rings. The van der Waals surface area contributed by atoms with Gasteiger partial charge in [-0.05, 0) is 43.5 Å². The monoisotopic (exact) mass is 476 g/mol. The van der Waals surface area contributed by atoms with Gasteiger partial charge in [0.2, 0.25) is 5.91 Å². The SMILES string of the molecule is CCCC[C@H](CC)CNC(=O)CN(c1ccc(C)cc1)S(=O)(=O)c1ccc(OC)c(OC)c1. The van der Waals surface area contributed by atoms with Crippen molar-refractivity contribution >= 4 is 21.6 Å². The van der Waals surface area contributed by atoms with Crippen LogP contribution in [0.25, 0.3) is 0 Å². The van der Waals surface area contributed by atoms with Gasteiger partial charge in [0.15, 0.2) is 11.5 Å². The number of methoxy groups -OCH3 is 2. The molecule has 33 heavy (non-hydrogen) atoms. The number of unbranched alkanes of at least 4 members (excludes halogenated alkanes) is 1. The molecular weight excluding hydrogens is 440 g/mol. The van der Waals surface area contributed by atoms with E-state index >= 15 is 0 Å². The van der Waals surface area contributed by atoms with Crippen LogP contribution in [-0.4, -0.2) is 41.6 Å². The van der Waals surface area contributed by atoms with Gasteiger partial charge in [0.1, 0.15) is 6.54 Å². The van der Waals surface area contributed by atoms with Crippen LogP contribution in [0.2, 0.25) is 0 Å². The van der Waals surface area contributed by atoms with Gasteiger partial charge in [-0.2, -0.15) is 0 Å². The Morgan fingerprint density at radius 3 is 2.27 bits per heavy atom. The summed E-state index contributed by atoms with van der Waals surface area (Å²) < 4.78 is 38.8. The minimum atomic E-state index is -4.04. The molecule has 0 spiro atoms. The third-order valence-corrected chi connectivity index (χ3v) is 7.45. The van der Waals surface area contributed by atoms with Gasteiger partial charge in [-0.1, -0.05) is 50.8 Å². The number of carbonyl (C=O) groups excluding carboxylic acids is 1. The van der Waals surface area contributed by atoms with Crippen LogP contribution in [-0.2, 0) is 14.8 Å². The minimum Gasteiger partial charge on any atom is -0.493 e. The number of anilines is 1. The van der Waals surface area contributed by atoms with Gasteiger partial charge in [0.05, 0.1) is 24.8 Å². The Labute approximate surface area is 198 Å². The molecule has 182 valence electrons. The Balaban J connectivity index is 2.32. The van der Waals surface area contributed by atoms with E-state index in [1.807, 2.05) is 19.1 Å². The maximum absolute atomic E-state index is 13.6. The standard InChI is InChI=1S/C25H36N2O5S/c1-6-8-9-20(7-2)17-26-25(28)18-27(21-12-10-19(3)11-13-21)33(29,30)22-14-15-23(31-4)24(16-22)32-5/h10-16,20H,6-9,17-18H2,1-5H3,(H,26,28)/t20-/m0/s1. The lowest BCUT2D eigenvalue weighted by Crippen LogP contribution is -2.42. The fourth-order valence-electron chi connectivity index (χ4n) is 3.52. The summed E-state index contributed by atoms with van der Waals surface area (Å²) >= 11 is 0. The van der Waals surface area contributed by atoms with Crippen molar-refractivity contribution < 1.29 is 22.7 Å². The number of carbonyl (C=O) groups is 1. The number of sulfonamides is 1. The van der Waals surface area contributed by atoms with Crippen molar-refractivity contribution in [1.29, 1.82) is 0 Å². The Morgan fingerprint density at radius 2 is 1.70 bits per heavy atom. The van der Waals surface area contributed by atoms with E-state index in [2.05, 4.69) is 19.2 Å². The van der Waals surface area contributed by atoms with E-state index < -0.39 is 10.0 Å². The lowest BCUT2D eigenvalue weighted by atomic mass is 9.99. The van der Waals surface area contributed by atoms with Crippen LogP contribution in [0.5, 0.6) is 11.5 Å². The fraction of sp³-hybridized carbons (Fsp3) is 0.480. The number of hydrogen-bond acceptors (Lipinski definition) is 5. The van der Waals surface area contributed by atoms with Gasteiger partial charge in [-0.15, -0.1) is 0 Å². The molecule has 0 fully saturated rings. The van der Waals surface area contributed by atoms with Crippen molar-refractivity contribution in [1.82, 2.24) is 5.32 Å². The second-order valence-corrected chi connectivity index (χ2v) is 9.95. The first-order chi connectivity index (χ1) is 15.8. The maximum atomic E-state index is 13.6. The molecule has 0 saturated carbocycles. The summed E-state index contributed by atoms with van der Waals surface area (Å²) in [7, 11) is -1.11. The smallest absolute Gasteiger partial charge is 0.264 e. The van der Waals surface area contributed by atoms with Crippen molar-refractivity contribution in [3.05, 3.63) is 48.0 Å². The van der Waals surface area contributed by atoms with Gasteiger partial charge in [-0.25, -0.2) is 8.42 Å². The van der Waals surface area contributed by atoms with E-state index in [9.17, 15) is 13.2 Å². The summed E-state index contributed by atoms with van der Waals surface area (Å²) in [4.78, 5) is 12.8. The molecule has 2 aromatic carbocycles. The molecule has 0 aliphatic heterocycles. The van der Waals surface area contributed by atoms with E-state index in [0.29, 0.717) is 29.6 Å². The average molecular weight is 477 g/mol. The number of nitrogens with one attached hydrogen (secondary N) is 1. The third kappa shape index (κ3) is 7.12. The van der Waals surface area contributed by atoms with Crippen LogP contribution >= 0.6 is 0 Å². The molecule has 0 heterocycles. The number of benzene rings is 2. The number of ether oxygens (including phenoxy) is 2. The second kappa shape index (κ2) is 12.5. The fourth-order valence-corrected chi connectivity index (χ4v) is 4.96. The molecule has 0 radical (unpaired) electrons. The Kier molecular flexibility index (Phi) is 10.0. The Hall–Kier alpha value is -2.74. The number of rotatable bonds is 13. The molecule has 2 rings (SSSR count). The molecule has 8 heteroatoms. The molecule has 0 aromatic heterocycles. The third-order valence-electron chi connectivity index (χ3n) is 5.68. The first kappa shape index (κ1) is 26.5. The van der Waals surface area contributed by atoms with Crippen molar-refractivity contribution in [2.45, 2.75) is 51.3 Å². The number of aryl methyl sites for hydroxylation is 1.